The highest BCUT2D eigenvalue weighted by molar-refractivity contribution is 7.09. The third kappa shape index (κ3) is 1.58. The Kier molecular flexibility index (Phi) is 2.37. The molecule has 0 spiro atoms. The molecular weight excluding hydrogens is 198 g/mol. The summed E-state index contributed by atoms with van der Waals surface area (Å²) in [6.07, 6.45) is 3.06. The van der Waals surface area contributed by atoms with Gasteiger partial charge in [0.1, 0.15) is 5.60 Å². The summed E-state index contributed by atoms with van der Waals surface area (Å²) in [5, 5.41) is 13.3. The first-order valence-electron chi connectivity index (χ1n) is 4.78. The molecule has 4 heteroatoms. The fourth-order valence-electron chi connectivity index (χ4n) is 1.80. The van der Waals surface area contributed by atoms with E-state index in [1.807, 2.05) is 19.2 Å². The fraction of sp³-hybridized carbons (Fsp3) is 0.700. The van der Waals surface area contributed by atoms with Crippen LogP contribution >= 0.6 is 11.3 Å². The fourth-order valence-corrected chi connectivity index (χ4v) is 2.52. The second kappa shape index (κ2) is 3.29. The van der Waals surface area contributed by atoms with Crippen LogP contribution in [0.25, 0.3) is 0 Å². The van der Waals surface area contributed by atoms with Gasteiger partial charge in [-0.1, -0.05) is 0 Å². The zero-order valence-electron chi connectivity index (χ0n) is 8.49. The average molecular weight is 213 g/mol. The minimum absolute atomic E-state index is 0.460. The number of hydrogen-bond donors (Lipinski definition) is 1. The van der Waals surface area contributed by atoms with E-state index in [4.69, 9.17) is 4.74 Å². The lowest BCUT2D eigenvalue weighted by Gasteiger charge is -2.34. The van der Waals surface area contributed by atoms with E-state index in [0.29, 0.717) is 19.4 Å². The van der Waals surface area contributed by atoms with Crippen molar-refractivity contribution in [3.8, 4) is 0 Å². The predicted molar refractivity (Wildman–Crippen MR) is 55.4 cm³/mol. The van der Waals surface area contributed by atoms with Gasteiger partial charge in [0.2, 0.25) is 0 Å². The highest BCUT2D eigenvalue weighted by atomic mass is 32.1. The number of nitrogens with zero attached hydrogens (tertiary/aromatic N) is 1. The molecule has 1 aliphatic rings. The molecule has 1 aromatic rings. The summed E-state index contributed by atoms with van der Waals surface area (Å²) in [7, 11) is 0. The van der Waals surface area contributed by atoms with E-state index < -0.39 is 11.2 Å². The molecule has 1 N–H and O–H groups in total. The molecular formula is C10H15NO2S. The maximum Gasteiger partial charge on any atom is 0.102 e. The van der Waals surface area contributed by atoms with Crippen molar-refractivity contribution in [1.29, 1.82) is 0 Å². The second-order valence-corrected chi connectivity index (χ2v) is 5.22. The molecule has 1 unspecified atom stereocenters. The molecule has 78 valence electrons. The molecule has 2 heterocycles. The van der Waals surface area contributed by atoms with Crippen LogP contribution in [0.1, 0.15) is 25.3 Å². The zero-order valence-corrected chi connectivity index (χ0v) is 9.30. The maximum atomic E-state index is 10.4. The number of aliphatic hydroxyl groups is 1. The van der Waals surface area contributed by atoms with Crippen LogP contribution in [0.4, 0.5) is 0 Å². The van der Waals surface area contributed by atoms with E-state index in [2.05, 4.69) is 4.98 Å². The first-order chi connectivity index (χ1) is 6.54. The summed E-state index contributed by atoms with van der Waals surface area (Å²) in [5.74, 6) is 0. The maximum absolute atomic E-state index is 10.4. The third-order valence-electron chi connectivity index (χ3n) is 3.03. The van der Waals surface area contributed by atoms with Crippen molar-refractivity contribution < 1.29 is 9.84 Å². The Labute approximate surface area is 87.7 Å². The lowest BCUT2D eigenvalue weighted by atomic mass is 9.83. The molecule has 2 rings (SSSR count). The summed E-state index contributed by atoms with van der Waals surface area (Å²) in [6.45, 7) is 4.51. The monoisotopic (exact) mass is 213 g/mol. The van der Waals surface area contributed by atoms with Crippen molar-refractivity contribution in [2.45, 2.75) is 37.9 Å². The smallest absolute Gasteiger partial charge is 0.102 e. The van der Waals surface area contributed by atoms with Gasteiger partial charge < -0.3 is 9.84 Å². The molecule has 0 amide bonds. The highest BCUT2D eigenvalue weighted by Gasteiger charge is 2.49. The normalized spacial score (nSPS) is 30.8. The molecule has 14 heavy (non-hydrogen) atoms. The molecule has 1 aliphatic heterocycles. The first kappa shape index (κ1) is 10.1. The van der Waals surface area contributed by atoms with E-state index in [1.54, 1.807) is 17.5 Å². The number of rotatable bonds is 2. The van der Waals surface area contributed by atoms with E-state index >= 15 is 0 Å². The molecule has 1 atom stereocenters. The van der Waals surface area contributed by atoms with Gasteiger partial charge in [-0.3, -0.25) is 0 Å². The Morgan fingerprint density at radius 1 is 1.64 bits per heavy atom. The Hall–Kier alpha value is -0.450. The van der Waals surface area contributed by atoms with Gasteiger partial charge in [0.25, 0.3) is 0 Å². The Bertz CT molecular complexity index is 310. The number of ether oxygens (including phenoxy) is 1. The zero-order chi connectivity index (χ0) is 10.2. The van der Waals surface area contributed by atoms with Gasteiger partial charge in [-0.15, -0.1) is 11.3 Å². The average Bonchev–Trinajstić information content (AvgIpc) is 2.63. The van der Waals surface area contributed by atoms with Crippen LogP contribution in [-0.4, -0.2) is 27.9 Å². The molecule has 0 radical (unpaired) electrons. The minimum Gasteiger partial charge on any atom is -0.386 e. The molecule has 0 saturated carbocycles. The molecule has 1 fully saturated rings. The predicted octanol–water partition coefficient (Wildman–Crippen LogP) is 1.62. The first-order valence-corrected chi connectivity index (χ1v) is 5.66. The Morgan fingerprint density at radius 3 is 2.93 bits per heavy atom. The second-order valence-electron chi connectivity index (χ2n) is 4.24. The standard InChI is InChI=1S/C10H15NO2S/c1-9(2)10(12,3-5-13-9)7-8-11-4-6-14-8/h4,6,12H,3,5,7H2,1-2H3. The molecule has 0 bridgehead atoms. The van der Waals surface area contributed by atoms with Crippen LogP contribution < -0.4 is 0 Å². The Balaban J connectivity index is 2.17. The molecule has 0 aliphatic carbocycles. The van der Waals surface area contributed by atoms with Gasteiger partial charge in [0.05, 0.1) is 17.2 Å². The number of aromatic nitrogens is 1. The summed E-state index contributed by atoms with van der Waals surface area (Å²) in [5.41, 5.74) is -1.22. The Morgan fingerprint density at radius 2 is 2.43 bits per heavy atom. The van der Waals surface area contributed by atoms with Crippen LogP contribution in [0.15, 0.2) is 11.6 Å². The SMILES string of the molecule is CC1(C)OCCC1(O)Cc1nccs1. The summed E-state index contributed by atoms with van der Waals surface area (Å²) >= 11 is 1.58. The largest absolute Gasteiger partial charge is 0.386 e. The van der Waals surface area contributed by atoms with Gasteiger partial charge in [-0.25, -0.2) is 4.98 Å². The quantitative estimate of drug-likeness (QED) is 0.811. The molecule has 1 saturated heterocycles. The van der Waals surface area contributed by atoms with Crippen molar-refractivity contribution in [2.24, 2.45) is 0 Å². The van der Waals surface area contributed by atoms with E-state index in [-0.39, 0.29) is 0 Å². The van der Waals surface area contributed by atoms with Gasteiger partial charge in [-0.05, 0) is 13.8 Å². The number of thiazole rings is 1. The van der Waals surface area contributed by atoms with Gasteiger partial charge in [-0.2, -0.15) is 0 Å². The lowest BCUT2D eigenvalue weighted by molar-refractivity contribution is -0.0965. The van der Waals surface area contributed by atoms with E-state index in [9.17, 15) is 5.11 Å². The van der Waals surface area contributed by atoms with Crippen molar-refractivity contribution in [2.75, 3.05) is 6.61 Å². The third-order valence-corrected chi connectivity index (χ3v) is 3.81. The topological polar surface area (TPSA) is 42.4 Å². The summed E-state index contributed by atoms with van der Waals surface area (Å²) in [4.78, 5) is 4.19. The van der Waals surface area contributed by atoms with Gasteiger partial charge in [0.15, 0.2) is 0 Å². The highest BCUT2D eigenvalue weighted by Crippen LogP contribution is 2.38. The van der Waals surface area contributed by atoms with Crippen LogP contribution in [0.2, 0.25) is 0 Å². The van der Waals surface area contributed by atoms with E-state index in [1.165, 1.54) is 0 Å². The van der Waals surface area contributed by atoms with Gasteiger partial charge >= 0.3 is 0 Å². The van der Waals surface area contributed by atoms with E-state index in [0.717, 1.165) is 5.01 Å². The van der Waals surface area contributed by atoms with Gasteiger partial charge in [0, 0.05) is 24.4 Å². The molecule has 3 nitrogen and oxygen atoms in total. The van der Waals surface area contributed by atoms with Crippen LogP contribution in [0, 0.1) is 0 Å². The van der Waals surface area contributed by atoms with Crippen molar-refractivity contribution in [3.05, 3.63) is 16.6 Å². The summed E-state index contributed by atoms with van der Waals surface area (Å²) in [6, 6.07) is 0. The summed E-state index contributed by atoms with van der Waals surface area (Å²) < 4.78 is 5.53. The van der Waals surface area contributed by atoms with Crippen molar-refractivity contribution in [1.82, 2.24) is 4.98 Å². The van der Waals surface area contributed by atoms with Crippen LogP contribution in [0.5, 0.6) is 0 Å². The lowest BCUT2D eigenvalue weighted by Crippen LogP contribution is -2.47. The van der Waals surface area contributed by atoms with Crippen LogP contribution in [-0.2, 0) is 11.2 Å². The molecule has 1 aromatic heterocycles. The van der Waals surface area contributed by atoms with Crippen LogP contribution in [0.3, 0.4) is 0 Å². The van der Waals surface area contributed by atoms with Crippen molar-refractivity contribution >= 4 is 11.3 Å². The molecule has 0 aromatic carbocycles. The van der Waals surface area contributed by atoms with Crippen molar-refractivity contribution in [3.63, 3.8) is 0 Å². The minimum atomic E-state index is -0.759. The number of hydrogen-bond acceptors (Lipinski definition) is 4.